The molecule has 6 heteroatoms. The molecule has 0 saturated heterocycles. The molecule has 0 bridgehead atoms. The van der Waals surface area contributed by atoms with Gasteiger partial charge in [-0.05, 0) is 30.3 Å². The largest absolute Gasteiger partial charge is 0.497 e. The third kappa shape index (κ3) is 3.32. The Kier molecular flexibility index (Phi) is 4.65. The topological polar surface area (TPSA) is 68.2 Å². The van der Waals surface area contributed by atoms with E-state index in [0.717, 1.165) is 22.3 Å². The number of carbonyl (C=O) groups excluding carboxylic acids is 1. The second kappa shape index (κ2) is 7.04. The number of hydrogen-bond donors (Lipinski definition) is 2. The van der Waals surface area contributed by atoms with Crippen LogP contribution >= 0.6 is 0 Å². The van der Waals surface area contributed by atoms with Crippen LogP contribution in [-0.4, -0.2) is 35.7 Å². The SMILES string of the molecule is COc1ccc2cc(C(=O)NCCNc3cccnc3)n(C)c2c1. The predicted octanol–water partition coefficient (Wildman–Crippen LogP) is 2.42. The molecular formula is C18H20N4O2. The van der Waals surface area contributed by atoms with Crippen LogP contribution in [0.1, 0.15) is 10.5 Å². The molecule has 124 valence electrons. The van der Waals surface area contributed by atoms with Gasteiger partial charge in [0.2, 0.25) is 0 Å². The number of rotatable bonds is 6. The highest BCUT2D eigenvalue weighted by molar-refractivity contribution is 5.99. The van der Waals surface area contributed by atoms with Gasteiger partial charge in [-0.2, -0.15) is 0 Å². The van der Waals surface area contributed by atoms with Gasteiger partial charge in [0.25, 0.3) is 5.91 Å². The minimum absolute atomic E-state index is 0.0966. The number of carbonyl (C=O) groups is 1. The Hall–Kier alpha value is -3.02. The van der Waals surface area contributed by atoms with Crippen molar-refractivity contribution >= 4 is 22.5 Å². The van der Waals surface area contributed by atoms with Gasteiger partial charge in [0.1, 0.15) is 11.4 Å². The summed E-state index contributed by atoms with van der Waals surface area (Å²) in [6, 6.07) is 11.5. The molecular weight excluding hydrogens is 304 g/mol. The number of fused-ring (bicyclic) bond motifs is 1. The molecule has 0 aliphatic rings. The first kappa shape index (κ1) is 15.9. The standard InChI is InChI=1S/C18H20N4O2/c1-22-16-11-15(24-2)6-5-13(16)10-17(22)18(23)21-9-8-20-14-4-3-7-19-12-14/h3-7,10-12,20H,8-9H2,1-2H3,(H,21,23). The Balaban J connectivity index is 1.62. The third-order valence-corrected chi connectivity index (χ3v) is 3.89. The molecule has 2 N–H and O–H groups in total. The zero-order chi connectivity index (χ0) is 16.9. The van der Waals surface area contributed by atoms with Crippen molar-refractivity contribution in [3.63, 3.8) is 0 Å². The number of pyridine rings is 1. The van der Waals surface area contributed by atoms with Crippen molar-refractivity contribution in [1.82, 2.24) is 14.9 Å². The number of ether oxygens (including phenoxy) is 1. The molecule has 0 unspecified atom stereocenters. The van der Waals surface area contributed by atoms with Crippen LogP contribution in [0.15, 0.2) is 48.8 Å². The van der Waals surface area contributed by atoms with E-state index in [1.165, 1.54) is 0 Å². The van der Waals surface area contributed by atoms with Crippen LogP contribution < -0.4 is 15.4 Å². The molecule has 0 fully saturated rings. The summed E-state index contributed by atoms with van der Waals surface area (Å²) in [5.74, 6) is 0.678. The fourth-order valence-electron chi connectivity index (χ4n) is 2.60. The number of methoxy groups -OCH3 is 1. The maximum Gasteiger partial charge on any atom is 0.267 e. The lowest BCUT2D eigenvalue weighted by Crippen LogP contribution is -2.30. The van der Waals surface area contributed by atoms with E-state index in [0.29, 0.717) is 18.8 Å². The molecule has 0 atom stereocenters. The van der Waals surface area contributed by atoms with Gasteiger partial charge in [0.15, 0.2) is 0 Å². The predicted molar refractivity (Wildman–Crippen MR) is 94.5 cm³/mol. The Labute approximate surface area is 140 Å². The number of nitrogens with zero attached hydrogens (tertiary/aromatic N) is 2. The lowest BCUT2D eigenvalue weighted by atomic mass is 10.2. The zero-order valence-electron chi connectivity index (χ0n) is 13.7. The monoisotopic (exact) mass is 324 g/mol. The highest BCUT2D eigenvalue weighted by atomic mass is 16.5. The second-order valence-electron chi connectivity index (χ2n) is 5.44. The van der Waals surface area contributed by atoms with Gasteiger partial charge in [-0.3, -0.25) is 9.78 Å². The molecule has 3 rings (SSSR count). The van der Waals surface area contributed by atoms with Crippen LogP contribution in [0.25, 0.3) is 10.9 Å². The summed E-state index contributed by atoms with van der Waals surface area (Å²) < 4.78 is 7.12. The average molecular weight is 324 g/mol. The lowest BCUT2D eigenvalue weighted by Gasteiger charge is -2.08. The van der Waals surface area contributed by atoms with Gasteiger partial charge < -0.3 is 19.9 Å². The summed E-state index contributed by atoms with van der Waals surface area (Å²) in [5.41, 5.74) is 2.52. The fourth-order valence-corrected chi connectivity index (χ4v) is 2.60. The highest BCUT2D eigenvalue weighted by Gasteiger charge is 2.13. The van der Waals surface area contributed by atoms with E-state index in [4.69, 9.17) is 4.74 Å². The van der Waals surface area contributed by atoms with E-state index < -0.39 is 0 Å². The molecule has 2 aromatic heterocycles. The molecule has 24 heavy (non-hydrogen) atoms. The molecule has 0 saturated carbocycles. The molecule has 6 nitrogen and oxygen atoms in total. The summed E-state index contributed by atoms with van der Waals surface area (Å²) >= 11 is 0. The Morgan fingerprint density at radius 1 is 1.25 bits per heavy atom. The number of aromatic nitrogens is 2. The molecule has 1 amide bonds. The Bertz CT molecular complexity index is 843. The molecule has 3 aromatic rings. The van der Waals surface area contributed by atoms with Crippen LogP contribution in [-0.2, 0) is 7.05 Å². The van der Waals surface area contributed by atoms with Crippen molar-refractivity contribution in [3.8, 4) is 5.75 Å². The van der Waals surface area contributed by atoms with Crippen LogP contribution in [0.2, 0.25) is 0 Å². The van der Waals surface area contributed by atoms with Gasteiger partial charge in [-0.25, -0.2) is 0 Å². The van der Waals surface area contributed by atoms with Crippen molar-refractivity contribution in [1.29, 1.82) is 0 Å². The first-order valence-electron chi connectivity index (χ1n) is 7.74. The summed E-state index contributed by atoms with van der Waals surface area (Å²) in [6.07, 6.45) is 3.47. The number of aryl methyl sites for hydroxylation is 1. The molecule has 2 heterocycles. The Morgan fingerprint density at radius 3 is 2.88 bits per heavy atom. The maximum absolute atomic E-state index is 12.4. The van der Waals surface area contributed by atoms with Crippen molar-refractivity contribution in [3.05, 3.63) is 54.5 Å². The van der Waals surface area contributed by atoms with Gasteiger partial charge in [0.05, 0.1) is 18.3 Å². The van der Waals surface area contributed by atoms with E-state index in [-0.39, 0.29) is 5.91 Å². The quantitative estimate of drug-likeness (QED) is 0.683. The normalized spacial score (nSPS) is 10.6. The molecule has 0 spiro atoms. The summed E-state index contributed by atoms with van der Waals surface area (Å²) in [6.45, 7) is 1.16. The maximum atomic E-state index is 12.4. The van der Waals surface area contributed by atoms with E-state index in [2.05, 4.69) is 15.6 Å². The van der Waals surface area contributed by atoms with E-state index >= 15 is 0 Å². The van der Waals surface area contributed by atoms with Gasteiger partial charge in [0, 0.05) is 44.0 Å². The number of benzene rings is 1. The first-order valence-corrected chi connectivity index (χ1v) is 7.74. The Morgan fingerprint density at radius 2 is 2.12 bits per heavy atom. The zero-order valence-corrected chi connectivity index (χ0v) is 13.7. The number of hydrogen-bond acceptors (Lipinski definition) is 4. The van der Waals surface area contributed by atoms with E-state index in [9.17, 15) is 4.79 Å². The molecule has 0 radical (unpaired) electrons. The highest BCUT2D eigenvalue weighted by Crippen LogP contribution is 2.23. The molecule has 0 aliphatic carbocycles. The third-order valence-electron chi connectivity index (χ3n) is 3.89. The van der Waals surface area contributed by atoms with Gasteiger partial charge in [-0.15, -0.1) is 0 Å². The van der Waals surface area contributed by atoms with Crippen molar-refractivity contribution in [2.24, 2.45) is 7.05 Å². The minimum Gasteiger partial charge on any atom is -0.497 e. The van der Waals surface area contributed by atoms with Crippen LogP contribution in [0.4, 0.5) is 5.69 Å². The van der Waals surface area contributed by atoms with Crippen LogP contribution in [0.3, 0.4) is 0 Å². The number of nitrogens with one attached hydrogen (secondary N) is 2. The van der Waals surface area contributed by atoms with E-state index in [1.807, 2.05) is 48.0 Å². The summed E-state index contributed by atoms with van der Waals surface area (Å²) in [4.78, 5) is 16.4. The lowest BCUT2D eigenvalue weighted by molar-refractivity contribution is 0.0947. The summed E-state index contributed by atoms with van der Waals surface area (Å²) in [5, 5.41) is 7.14. The average Bonchev–Trinajstić information content (AvgIpc) is 2.95. The smallest absolute Gasteiger partial charge is 0.267 e. The van der Waals surface area contributed by atoms with Crippen LogP contribution in [0, 0.1) is 0 Å². The molecule has 0 aliphatic heterocycles. The fraction of sp³-hybridized carbons (Fsp3) is 0.222. The number of anilines is 1. The second-order valence-corrected chi connectivity index (χ2v) is 5.44. The van der Waals surface area contributed by atoms with E-state index in [1.54, 1.807) is 19.5 Å². The van der Waals surface area contributed by atoms with Gasteiger partial charge >= 0.3 is 0 Å². The first-order chi connectivity index (χ1) is 11.7. The van der Waals surface area contributed by atoms with Crippen molar-refractivity contribution < 1.29 is 9.53 Å². The van der Waals surface area contributed by atoms with Gasteiger partial charge in [-0.1, -0.05) is 0 Å². The minimum atomic E-state index is -0.0966. The van der Waals surface area contributed by atoms with Crippen molar-refractivity contribution in [2.75, 3.05) is 25.5 Å². The van der Waals surface area contributed by atoms with Crippen LogP contribution in [0.5, 0.6) is 5.75 Å². The summed E-state index contributed by atoms with van der Waals surface area (Å²) in [7, 11) is 3.51. The molecule has 1 aromatic carbocycles. The van der Waals surface area contributed by atoms with Crippen molar-refractivity contribution in [2.45, 2.75) is 0 Å². The number of amides is 1.